The van der Waals surface area contributed by atoms with Crippen molar-refractivity contribution in [2.24, 2.45) is 0 Å². The van der Waals surface area contributed by atoms with Crippen molar-refractivity contribution in [3.05, 3.63) is 30.0 Å². The maximum Gasteiger partial charge on any atom is 0.0841 e. The fourth-order valence-electron chi connectivity index (χ4n) is 3.28. The van der Waals surface area contributed by atoms with Gasteiger partial charge >= 0.3 is 0 Å². The number of aliphatic hydroxyl groups is 1. The van der Waals surface area contributed by atoms with Crippen LogP contribution in [0.2, 0.25) is 0 Å². The largest absolute Gasteiger partial charge is 0.394 e. The molecule has 1 saturated carbocycles. The van der Waals surface area contributed by atoms with Crippen LogP contribution in [0.15, 0.2) is 24.3 Å². The van der Waals surface area contributed by atoms with Gasteiger partial charge in [-0.15, -0.1) is 0 Å². The average molecular weight is 273 g/mol. The zero-order chi connectivity index (χ0) is 14.0. The molecule has 0 spiro atoms. The van der Waals surface area contributed by atoms with Gasteiger partial charge in [0.25, 0.3) is 0 Å². The van der Waals surface area contributed by atoms with Crippen LogP contribution in [0.1, 0.15) is 38.3 Å². The van der Waals surface area contributed by atoms with Crippen molar-refractivity contribution in [3.63, 3.8) is 0 Å². The van der Waals surface area contributed by atoms with Gasteiger partial charge in [-0.3, -0.25) is 4.68 Å². The van der Waals surface area contributed by atoms with Gasteiger partial charge in [0.15, 0.2) is 0 Å². The molecule has 2 aromatic rings. The van der Waals surface area contributed by atoms with Gasteiger partial charge in [-0.25, -0.2) is 0 Å². The minimum absolute atomic E-state index is 0.0862. The van der Waals surface area contributed by atoms with E-state index in [1.54, 1.807) is 0 Å². The summed E-state index contributed by atoms with van der Waals surface area (Å²) in [7, 11) is 0. The lowest BCUT2D eigenvalue weighted by atomic mass is 9.99. The third-order valence-corrected chi connectivity index (χ3v) is 4.53. The molecule has 1 heterocycles. The van der Waals surface area contributed by atoms with Gasteiger partial charge in [-0.1, -0.05) is 31.0 Å². The number of rotatable bonds is 5. The molecule has 0 unspecified atom stereocenters. The quantitative estimate of drug-likeness (QED) is 0.880. The number of aliphatic hydroxyl groups excluding tert-OH is 1. The standard InChI is InChI=1S/C16H23N3O/c1-2-19-15-8-4-3-7-13(15)14(18-19)11-17-16(12-20)9-5-6-10-16/h3-4,7-8,17,20H,2,5-6,9-12H2,1H3. The summed E-state index contributed by atoms with van der Waals surface area (Å²) in [5.74, 6) is 0. The molecule has 2 N–H and O–H groups in total. The summed E-state index contributed by atoms with van der Waals surface area (Å²) in [6, 6.07) is 8.36. The molecule has 1 aliphatic carbocycles. The van der Waals surface area contributed by atoms with Gasteiger partial charge in [-0.2, -0.15) is 5.10 Å². The number of nitrogens with one attached hydrogen (secondary N) is 1. The van der Waals surface area contributed by atoms with E-state index in [4.69, 9.17) is 5.10 Å². The number of hydrogen-bond donors (Lipinski definition) is 2. The fraction of sp³-hybridized carbons (Fsp3) is 0.562. The van der Waals surface area contributed by atoms with Gasteiger partial charge in [-0.05, 0) is 25.8 Å². The topological polar surface area (TPSA) is 50.1 Å². The molecule has 0 saturated heterocycles. The van der Waals surface area contributed by atoms with E-state index in [0.29, 0.717) is 0 Å². The Morgan fingerprint density at radius 3 is 2.75 bits per heavy atom. The van der Waals surface area contributed by atoms with E-state index in [9.17, 15) is 5.11 Å². The number of nitrogens with zero attached hydrogens (tertiary/aromatic N) is 2. The molecular formula is C16H23N3O. The average Bonchev–Trinajstić information content (AvgIpc) is 3.10. The highest BCUT2D eigenvalue weighted by Crippen LogP contribution is 2.30. The molecule has 0 atom stereocenters. The number of fused-ring (bicyclic) bond motifs is 1. The summed E-state index contributed by atoms with van der Waals surface area (Å²) < 4.78 is 2.05. The first-order valence-electron chi connectivity index (χ1n) is 7.58. The molecule has 108 valence electrons. The number of benzene rings is 1. The summed E-state index contributed by atoms with van der Waals surface area (Å²) in [6.07, 6.45) is 4.54. The number of para-hydroxylation sites is 1. The van der Waals surface area contributed by atoms with Gasteiger partial charge in [0.1, 0.15) is 0 Å². The normalized spacial score (nSPS) is 17.9. The summed E-state index contributed by atoms with van der Waals surface area (Å²) in [5.41, 5.74) is 2.19. The van der Waals surface area contributed by atoms with Crippen LogP contribution in [0, 0.1) is 0 Å². The molecule has 1 aliphatic rings. The second-order valence-electron chi connectivity index (χ2n) is 5.78. The Morgan fingerprint density at radius 2 is 2.05 bits per heavy atom. The highest BCUT2D eigenvalue weighted by atomic mass is 16.3. The molecule has 0 amide bonds. The first-order chi connectivity index (χ1) is 9.78. The van der Waals surface area contributed by atoms with Gasteiger partial charge in [0.05, 0.1) is 17.8 Å². The van der Waals surface area contributed by atoms with Crippen molar-refractivity contribution >= 4 is 10.9 Å². The van der Waals surface area contributed by atoms with E-state index < -0.39 is 0 Å². The van der Waals surface area contributed by atoms with E-state index in [1.165, 1.54) is 23.7 Å². The lowest BCUT2D eigenvalue weighted by Gasteiger charge is -2.27. The van der Waals surface area contributed by atoms with Crippen molar-refractivity contribution in [2.45, 2.75) is 51.2 Å². The highest BCUT2D eigenvalue weighted by molar-refractivity contribution is 5.81. The second kappa shape index (κ2) is 5.54. The van der Waals surface area contributed by atoms with Crippen molar-refractivity contribution in [3.8, 4) is 0 Å². The highest BCUT2D eigenvalue weighted by Gasteiger charge is 2.32. The lowest BCUT2D eigenvalue weighted by Crippen LogP contribution is -2.45. The molecular weight excluding hydrogens is 250 g/mol. The Labute approximate surface area is 119 Å². The molecule has 3 rings (SSSR count). The van der Waals surface area contributed by atoms with Gasteiger partial charge < -0.3 is 10.4 Å². The Morgan fingerprint density at radius 1 is 1.30 bits per heavy atom. The minimum atomic E-state index is -0.0862. The van der Waals surface area contributed by atoms with Crippen LogP contribution >= 0.6 is 0 Å². The van der Waals surface area contributed by atoms with E-state index in [-0.39, 0.29) is 12.1 Å². The number of aromatic nitrogens is 2. The van der Waals surface area contributed by atoms with E-state index in [0.717, 1.165) is 31.6 Å². The van der Waals surface area contributed by atoms with Gasteiger partial charge in [0, 0.05) is 24.0 Å². The Hall–Kier alpha value is -1.39. The zero-order valence-electron chi connectivity index (χ0n) is 12.1. The third-order valence-electron chi connectivity index (χ3n) is 4.53. The molecule has 0 radical (unpaired) electrons. The Balaban J connectivity index is 1.84. The van der Waals surface area contributed by atoms with Crippen LogP contribution in [0.25, 0.3) is 10.9 Å². The number of hydrogen-bond acceptors (Lipinski definition) is 3. The summed E-state index contributed by atoms with van der Waals surface area (Å²) in [4.78, 5) is 0. The maximum atomic E-state index is 9.67. The van der Waals surface area contributed by atoms with E-state index >= 15 is 0 Å². The van der Waals surface area contributed by atoms with E-state index in [1.807, 2.05) is 4.68 Å². The minimum Gasteiger partial charge on any atom is -0.394 e. The summed E-state index contributed by atoms with van der Waals surface area (Å²) in [5, 5.41) is 19.2. The van der Waals surface area contributed by atoms with Crippen molar-refractivity contribution in [1.82, 2.24) is 15.1 Å². The number of aryl methyl sites for hydroxylation is 1. The Bertz CT molecular complexity index is 584. The third kappa shape index (κ3) is 2.34. The molecule has 1 fully saturated rings. The first kappa shape index (κ1) is 13.6. The van der Waals surface area contributed by atoms with Crippen LogP contribution in [-0.2, 0) is 13.1 Å². The lowest BCUT2D eigenvalue weighted by molar-refractivity contribution is 0.162. The SMILES string of the molecule is CCn1nc(CNC2(CO)CCCC2)c2ccccc21. The van der Waals surface area contributed by atoms with Crippen LogP contribution in [0.5, 0.6) is 0 Å². The fourth-order valence-corrected chi connectivity index (χ4v) is 3.28. The zero-order valence-corrected chi connectivity index (χ0v) is 12.1. The molecule has 0 bridgehead atoms. The van der Waals surface area contributed by atoms with Crippen LogP contribution in [0.3, 0.4) is 0 Å². The molecule has 4 nitrogen and oxygen atoms in total. The van der Waals surface area contributed by atoms with Crippen molar-refractivity contribution in [2.75, 3.05) is 6.61 Å². The van der Waals surface area contributed by atoms with E-state index in [2.05, 4.69) is 36.5 Å². The molecule has 1 aromatic heterocycles. The first-order valence-corrected chi connectivity index (χ1v) is 7.58. The molecule has 4 heteroatoms. The summed E-state index contributed by atoms with van der Waals surface area (Å²) in [6.45, 7) is 3.95. The monoisotopic (exact) mass is 273 g/mol. The van der Waals surface area contributed by atoms with Crippen molar-refractivity contribution < 1.29 is 5.11 Å². The smallest absolute Gasteiger partial charge is 0.0841 e. The van der Waals surface area contributed by atoms with Crippen LogP contribution in [0.4, 0.5) is 0 Å². The maximum absolute atomic E-state index is 9.67. The second-order valence-corrected chi connectivity index (χ2v) is 5.78. The van der Waals surface area contributed by atoms with Crippen LogP contribution in [-0.4, -0.2) is 27.0 Å². The van der Waals surface area contributed by atoms with Gasteiger partial charge in [0.2, 0.25) is 0 Å². The molecule has 1 aromatic carbocycles. The van der Waals surface area contributed by atoms with Crippen LogP contribution < -0.4 is 5.32 Å². The Kier molecular flexibility index (Phi) is 3.76. The predicted octanol–water partition coefficient (Wildman–Crippen LogP) is 2.45. The molecule has 0 aliphatic heterocycles. The predicted molar refractivity (Wildman–Crippen MR) is 80.5 cm³/mol. The molecule has 20 heavy (non-hydrogen) atoms. The van der Waals surface area contributed by atoms with Crippen molar-refractivity contribution in [1.29, 1.82) is 0 Å². The summed E-state index contributed by atoms with van der Waals surface area (Å²) >= 11 is 0.